The second-order valence-corrected chi connectivity index (χ2v) is 6.96. The Hall–Kier alpha value is -3.45. The van der Waals surface area contributed by atoms with Crippen molar-refractivity contribution in [2.75, 3.05) is 5.32 Å². The number of hydrogen-bond acceptors (Lipinski definition) is 4. The number of carboxylic acids is 1. The molecule has 4 aromatic rings. The number of carbonyl (C=O) groups excluding carboxylic acids is 1. The average Bonchev–Trinajstić information content (AvgIpc) is 3.26. The third-order valence-corrected chi connectivity index (χ3v) is 5.09. The van der Waals surface area contributed by atoms with Crippen LogP contribution in [0.3, 0.4) is 0 Å². The highest BCUT2D eigenvalue weighted by atomic mass is 32.1. The molecular weight excluding hydrogens is 362 g/mol. The van der Waals surface area contributed by atoms with Gasteiger partial charge in [0.25, 0.3) is 5.91 Å². The number of anilines is 1. The van der Waals surface area contributed by atoms with Gasteiger partial charge >= 0.3 is 5.97 Å². The van der Waals surface area contributed by atoms with Gasteiger partial charge in [-0.1, -0.05) is 35.9 Å². The summed E-state index contributed by atoms with van der Waals surface area (Å²) in [6.45, 7) is 1.97. The number of aromatic carboxylic acids is 1. The normalized spacial score (nSPS) is 10.9. The van der Waals surface area contributed by atoms with Gasteiger partial charge in [0, 0.05) is 17.1 Å². The molecule has 0 spiro atoms. The number of pyridine rings is 1. The van der Waals surface area contributed by atoms with E-state index in [1.807, 2.05) is 49.4 Å². The number of benzene rings is 1. The molecule has 0 aliphatic rings. The number of aromatic nitrogens is 2. The fourth-order valence-corrected chi connectivity index (χ4v) is 3.78. The van der Waals surface area contributed by atoms with Crippen LogP contribution < -0.4 is 5.32 Å². The van der Waals surface area contributed by atoms with E-state index in [0.717, 1.165) is 16.6 Å². The van der Waals surface area contributed by atoms with Gasteiger partial charge in [-0.05, 0) is 30.7 Å². The molecule has 0 atom stereocenters. The van der Waals surface area contributed by atoms with Crippen molar-refractivity contribution in [2.45, 2.75) is 6.92 Å². The van der Waals surface area contributed by atoms with E-state index >= 15 is 0 Å². The number of fused-ring (bicyclic) bond motifs is 1. The van der Waals surface area contributed by atoms with Crippen LogP contribution in [0.25, 0.3) is 16.6 Å². The van der Waals surface area contributed by atoms with Crippen LogP contribution in [0.5, 0.6) is 0 Å². The Balaban J connectivity index is 1.68. The second-order valence-electron chi connectivity index (χ2n) is 6.08. The zero-order valence-corrected chi connectivity index (χ0v) is 15.2. The number of carbonyl (C=O) groups is 2. The lowest BCUT2D eigenvalue weighted by molar-refractivity contribution is 0.0699. The molecule has 0 aliphatic heterocycles. The predicted molar refractivity (Wildman–Crippen MR) is 105 cm³/mol. The number of nitrogens with zero attached hydrogens (tertiary/aromatic N) is 2. The molecule has 0 radical (unpaired) electrons. The van der Waals surface area contributed by atoms with Crippen LogP contribution in [-0.2, 0) is 0 Å². The minimum atomic E-state index is -1.09. The van der Waals surface area contributed by atoms with Crippen molar-refractivity contribution < 1.29 is 14.7 Å². The van der Waals surface area contributed by atoms with Crippen molar-refractivity contribution in [1.82, 2.24) is 9.61 Å². The number of nitrogens with one attached hydrogen (secondary N) is 1. The minimum absolute atomic E-state index is 0.0842. The Labute approximate surface area is 158 Å². The summed E-state index contributed by atoms with van der Waals surface area (Å²) in [5.74, 6) is -1.53. The fraction of sp³-hybridized carbons (Fsp3) is 0.0500. The second kappa shape index (κ2) is 6.69. The lowest BCUT2D eigenvalue weighted by Crippen LogP contribution is -2.14. The molecule has 0 saturated heterocycles. The molecule has 3 aromatic heterocycles. The van der Waals surface area contributed by atoms with Crippen molar-refractivity contribution in [3.05, 3.63) is 76.9 Å². The molecule has 0 saturated carbocycles. The fourth-order valence-electron chi connectivity index (χ4n) is 2.82. The SMILES string of the molecule is Cc1ccc(-c2csc(NC(=O)c3cc4ccccn4n3)c2C(=O)O)cc1. The third-order valence-electron chi connectivity index (χ3n) is 4.20. The van der Waals surface area contributed by atoms with Gasteiger partial charge in [0.15, 0.2) is 5.69 Å². The molecule has 3 heterocycles. The van der Waals surface area contributed by atoms with Crippen LogP contribution in [0.2, 0.25) is 0 Å². The molecule has 4 rings (SSSR count). The van der Waals surface area contributed by atoms with Crippen molar-refractivity contribution in [2.24, 2.45) is 0 Å². The van der Waals surface area contributed by atoms with Gasteiger partial charge < -0.3 is 10.4 Å². The summed E-state index contributed by atoms with van der Waals surface area (Å²) in [4.78, 5) is 24.4. The molecule has 0 aliphatic carbocycles. The molecule has 0 bridgehead atoms. The van der Waals surface area contributed by atoms with E-state index in [0.29, 0.717) is 10.6 Å². The lowest BCUT2D eigenvalue weighted by Gasteiger charge is -2.05. The first-order chi connectivity index (χ1) is 13.0. The molecule has 1 aromatic carbocycles. The van der Waals surface area contributed by atoms with Crippen LogP contribution in [-0.4, -0.2) is 26.6 Å². The average molecular weight is 377 g/mol. The summed E-state index contributed by atoms with van der Waals surface area (Å²) in [6.07, 6.45) is 1.75. The van der Waals surface area contributed by atoms with Gasteiger partial charge in [0.05, 0.1) is 5.52 Å². The Morgan fingerprint density at radius 2 is 1.93 bits per heavy atom. The van der Waals surface area contributed by atoms with Crippen molar-refractivity contribution >= 4 is 33.7 Å². The first-order valence-corrected chi connectivity index (χ1v) is 9.08. The number of carboxylic acid groups (broad SMARTS) is 1. The summed E-state index contributed by atoms with van der Waals surface area (Å²) < 4.78 is 1.60. The van der Waals surface area contributed by atoms with E-state index < -0.39 is 11.9 Å². The van der Waals surface area contributed by atoms with Crippen LogP contribution in [0.4, 0.5) is 5.00 Å². The number of aryl methyl sites for hydroxylation is 1. The summed E-state index contributed by atoms with van der Waals surface area (Å²) in [5.41, 5.74) is 3.56. The number of rotatable bonds is 4. The monoisotopic (exact) mass is 377 g/mol. The molecule has 0 fully saturated rings. The zero-order valence-electron chi connectivity index (χ0n) is 14.3. The summed E-state index contributed by atoms with van der Waals surface area (Å²) in [6, 6.07) is 14.8. The lowest BCUT2D eigenvalue weighted by atomic mass is 10.0. The molecule has 0 unspecified atom stereocenters. The minimum Gasteiger partial charge on any atom is -0.478 e. The quantitative estimate of drug-likeness (QED) is 0.555. The Bertz CT molecular complexity index is 1130. The Morgan fingerprint density at radius 1 is 1.15 bits per heavy atom. The van der Waals surface area contributed by atoms with E-state index in [4.69, 9.17) is 0 Å². The van der Waals surface area contributed by atoms with Crippen molar-refractivity contribution in [3.8, 4) is 11.1 Å². The maximum absolute atomic E-state index is 12.6. The van der Waals surface area contributed by atoms with E-state index in [9.17, 15) is 14.7 Å². The van der Waals surface area contributed by atoms with Crippen LogP contribution in [0.1, 0.15) is 26.4 Å². The first kappa shape index (κ1) is 17.0. The molecule has 7 heteroatoms. The number of amides is 1. The maximum atomic E-state index is 12.6. The molecule has 27 heavy (non-hydrogen) atoms. The molecule has 2 N–H and O–H groups in total. The van der Waals surface area contributed by atoms with E-state index in [2.05, 4.69) is 10.4 Å². The first-order valence-electron chi connectivity index (χ1n) is 8.20. The highest BCUT2D eigenvalue weighted by Crippen LogP contribution is 2.36. The zero-order chi connectivity index (χ0) is 19.0. The number of thiophene rings is 1. The van der Waals surface area contributed by atoms with Gasteiger partial charge in [-0.25, -0.2) is 9.31 Å². The van der Waals surface area contributed by atoms with E-state index in [1.54, 1.807) is 22.2 Å². The van der Waals surface area contributed by atoms with Gasteiger partial charge in [0.1, 0.15) is 10.6 Å². The van der Waals surface area contributed by atoms with Crippen LogP contribution in [0, 0.1) is 6.92 Å². The standard InChI is InChI=1S/C20H15N3O3S/c1-12-5-7-13(8-6-12)15-11-27-19(17(15)20(25)26)21-18(24)16-10-14-4-2-3-9-23(14)22-16/h2-11H,1H3,(H,21,24)(H,25,26). The van der Waals surface area contributed by atoms with Gasteiger partial charge in [-0.3, -0.25) is 4.79 Å². The largest absolute Gasteiger partial charge is 0.478 e. The summed E-state index contributed by atoms with van der Waals surface area (Å²) in [7, 11) is 0. The highest BCUT2D eigenvalue weighted by Gasteiger charge is 2.22. The van der Waals surface area contributed by atoms with Crippen LogP contribution in [0.15, 0.2) is 60.1 Å². The van der Waals surface area contributed by atoms with Crippen molar-refractivity contribution in [1.29, 1.82) is 0 Å². The van der Waals surface area contributed by atoms with Gasteiger partial charge in [-0.2, -0.15) is 5.10 Å². The smallest absolute Gasteiger partial charge is 0.339 e. The van der Waals surface area contributed by atoms with Gasteiger partial charge in [-0.15, -0.1) is 11.3 Å². The third kappa shape index (κ3) is 3.20. The molecule has 6 nitrogen and oxygen atoms in total. The summed E-state index contributed by atoms with van der Waals surface area (Å²) in [5, 5.41) is 18.6. The molecule has 1 amide bonds. The maximum Gasteiger partial charge on any atom is 0.339 e. The topological polar surface area (TPSA) is 83.7 Å². The van der Waals surface area contributed by atoms with Crippen LogP contribution >= 0.6 is 11.3 Å². The van der Waals surface area contributed by atoms with Gasteiger partial charge in [0.2, 0.25) is 0 Å². The molecular formula is C20H15N3O3S. The van der Waals surface area contributed by atoms with E-state index in [1.165, 1.54) is 11.3 Å². The Morgan fingerprint density at radius 3 is 2.63 bits per heavy atom. The van der Waals surface area contributed by atoms with Crippen molar-refractivity contribution in [3.63, 3.8) is 0 Å². The predicted octanol–water partition coefficient (Wildman–Crippen LogP) is 4.32. The molecule has 134 valence electrons. The highest BCUT2D eigenvalue weighted by molar-refractivity contribution is 7.15. The summed E-state index contributed by atoms with van der Waals surface area (Å²) >= 11 is 1.19. The number of hydrogen-bond donors (Lipinski definition) is 2. The Kier molecular flexibility index (Phi) is 4.21. The van der Waals surface area contributed by atoms with E-state index in [-0.39, 0.29) is 11.3 Å².